The van der Waals surface area contributed by atoms with E-state index in [4.69, 9.17) is 0 Å². The average molecular weight is 426 g/mol. The first-order chi connectivity index (χ1) is 13.9. The molecular weight excluding hydrogens is 405 g/mol. The third-order valence-electron chi connectivity index (χ3n) is 5.17. The van der Waals surface area contributed by atoms with Crippen molar-refractivity contribution in [2.24, 2.45) is 0 Å². The zero-order chi connectivity index (χ0) is 20.4. The highest BCUT2D eigenvalue weighted by molar-refractivity contribution is 7.98. The summed E-state index contributed by atoms with van der Waals surface area (Å²) in [5.41, 5.74) is 1.02. The number of piperazine rings is 1. The summed E-state index contributed by atoms with van der Waals surface area (Å²) >= 11 is 1.82. The molecular formula is C18H21F3N6OS. The zero-order valence-electron chi connectivity index (χ0n) is 15.7. The predicted octanol–water partition coefficient (Wildman–Crippen LogP) is 1.66. The number of halogens is 3. The average Bonchev–Trinajstić information content (AvgIpc) is 2.72. The van der Waals surface area contributed by atoms with Gasteiger partial charge in [0.25, 0.3) is 5.56 Å². The van der Waals surface area contributed by atoms with Gasteiger partial charge in [-0.15, -0.1) is 10.2 Å². The molecule has 4 rings (SSSR count). The molecule has 2 aliphatic heterocycles. The largest absolute Gasteiger partial charge is 0.435 e. The first-order valence-corrected chi connectivity index (χ1v) is 10.6. The number of fused-ring (bicyclic) bond motifs is 1. The molecule has 0 saturated carbocycles. The first-order valence-electron chi connectivity index (χ1n) is 9.46. The van der Waals surface area contributed by atoms with Crippen LogP contribution in [0, 0.1) is 0 Å². The Morgan fingerprint density at radius 3 is 2.55 bits per heavy atom. The second kappa shape index (κ2) is 8.31. The van der Waals surface area contributed by atoms with E-state index in [9.17, 15) is 18.0 Å². The van der Waals surface area contributed by atoms with Gasteiger partial charge in [0.05, 0.1) is 12.2 Å². The van der Waals surface area contributed by atoms with Gasteiger partial charge in [-0.3, -0.25) is 9.69 Å². The van der Waals surface area contributed by atoms with E-state index in [2.05, 4.69) is 20.2 Å². The minimum Gasteiger partial charge on any atom is -0.353 e. The van der Waals surface area contributed by atoms with Gasteiger partial charge in [-0.2, -0.15) is 30.0 Å². The Morgan fingerprint density at radius 2 is 1.86 bits per heavy atom. The van der Waals surface area contributed by atoms with Gasteiger partial charge in [-0.05, 0) is 23.4 Å². The van der Waals surface area contributed by atoms with Crippen LogP contribution in [0.4, 0.5) is 19.0 Å². The lowest BCUT2D eigenvalue weighted by Crippen LogP contribution is -2.48. The maximum absolute atomic E-state index is 12.6. The van der Waals surface area contributed by atoms with Crippen LogP contribution < -0.4 is 10.5 Å². The van der Waals surface area contributed by atoms with Gasteiger partial charge < -0.3 is 4.90 Å². The summed E-state index contributed by atoms with van der Waals surface area (Å²) in [6.07, 6.45) is -3.58. The van der Waals surface area contributed by atoms with Gasteiger partial charge in [0.15, 0.2) is 11.5 Å². The van der Waals surface area contributed by atoms with Crippen LogP contribution in [-0.2, 0) is 24.9 Å². The number of rotatable bonds is 4. The number of aryl methyl sites for hydroxylation is 1. The van der Waals surface area contributed by atoms with Gasteiger partial charge in [0, 0.05) is 51.0 Å². The Balaban J connectivity index is 1.31. The zero-order valence-corrected chi connectivity index (χ0v) is 16.5. The van der Waals surface area contributed by atoms with Crippen LogP contribution in [0.2, 0.25) is 0 Å². The number of alkyl halides is 3. The smallest absolute Gasteiger partial charge is 0.353 e. The molecule has 0 amide bonds. The van der Waals surface area contributed by atoms with Crippen molar-refractivity contribution in [3.05, 3.63) is 45.5 Å². The van der Waals surface area contributed by atoms with Crippen molar-refractivity contribution in [1.82, 2.24) is 24.9 Å². The maximum atomic E-state index is 12.6. The van der Waals surface area contributed by atoms with Crippen LogP contribution in [0.15, 0.2) is 23.0 Å². The quantitative estimate of drug-likeness (QED) is 0.737. The van der Waals surface area contributed by atoms with Crippen LogP contribution in [0.5, 0.6) is 0 Å². The highest BCUT2D eigenvalue weighted by Crippen LogP contribution is 2.27. The van der Waals surface area contributed by atoms with E-state index < -0.39 is 11.9 Å². The highest BCUT2D eigenvalue weighted by atomic mass is 32.2. The molecule has 0 N–H and O–H groups in total. The van der Waals surface area contributed by atoms with Gasteiger partial charge >= 0.3 is 6.18 Å². The van der Waals surface area contributed by atoms with Crippen molar-refractivity contribution in [2.45, 2.75) is 24.9 Å². The molecule has 0 bridgehead atoms. The molecule has 2 aromatic rings. The van der Waals surface area contributed by atoms with Gasteiger partial charge in [0.2, 0.25) is 0 Å². The molecule has 0 atom stereocenters. The molecule has 1 fully saturated rings. The molecule has 7 nitrogen and oxygen atoms in total. The SMILES string of the molecule is O=c1cc2c(nn1CCN1CCN(c3ccc(C(F)(F)F)nn3)CC1)CCSC2. The summed E-state index contributed by atoms with van der Waals surface area (Å²) in [6, 6.07) is 4.03. The molecule has 0 aliphatic carbocycles. The third-order valence-corrected chi connectivity index (χ3v) is 6.18. The molecule has 0 unspecified atom stereocenters. The van der Waals surface area contributed by atoms with Crippen molar-refractivity contribution < 1.29 is 13.2 Å². The van der Waals surface area contributed by atoms with Crippen LogP contribution >= 0.6 is 11.8 Å². The Kier molecular flexibility index (Phi) is 5.77. The van der Waals surface area contributed by atoms with Crippen molar-refractivity contribution in [2.75, 3.05) is 43.4 Å². The van der Waals surface area contributed by atoms with Gasteiger partial charge in [-0.1, -0.05) is 0 Å². The minimum absolute atomic E-state index is 0.0649. The van der Waals surface area contributed by atoms with Crippen molar-refractivity contribution in [3.8, 4) is 0 Å². The van der Waals surface area contributed by atoms with E-state index in [0.717, 1.165) is 48.3 Å². The summed E-state index contributed by atoms with van der Waals surface area (Å²) in [6.45, 7) is 3.98. The summed E-state index contributed by atoms with van der Waals surface area (Å²) < 4.78 is 39.4. The number of hydrogen-bond acceptors (Lipinski definition) is 7. The fraction of sp³-hybridized carbons (Fsp3) is 0.556. The fourth-order valence-electron chi connectivity index (χ4n) is 3.49. The Bertz CT molecular complexity index is 909. The lowest BCUT2D eigenvalue weighted by molar-refractivity contribution is -0.141. The molecule has 1 saturated heterocycles. The Hall–Kier alpha value is -2.14. The molecule has 0 radical (unpaired) electrons. The van der Waals surface area contributed by atoms with E-state index in [1.165, 1.54) is 6.07 Å². The number of anilines is 1. The summed E-state index contributed by atoms with van der Waals surface area (Å²) in [7, 11) is 0. The van der Waals surface area contributed by atoms with Crippen molar-refractivity contribution >= 4 is 17.6 Å². The second-order valence-electron chi connectivity index (χ2n) is 7.08. The standard InChI is InChI=1S/C18H21F3N6OS/c19-18(20,21)15-1-2-16(23-22-15)26-7-4-25(5-8-26)6-9-27-17(28)11-13-12-29-10-3-14(13)24-27/h1-2,11H,3-10,12H2. The molecule has 2 aliphatic rings. The predicted molar refractivity (Wildman–Crippen MR) is 104 cm³/mol. The summed E-state index contributed by atoms with van der Waals surface area (Å²) in [5.74, 6) is 2.34. The van der Waals surface area contributed by atoms with Crippen LogP contribution in [-0.4, -0.2) is 63.4 Å². The van der Waals surface area contributed by atoms with Crippen LogP contribution in [0.25, 0.3) is 0 Å². The molecule has 2 aromatic heterocycles. The maximum Gasteiger partial charge on any atom is 0.435 e. The van der Waals surface area contributed by atoms with Crippen LogP contribution in [0.3, 0.4) is 0 Å². The Labute approximate surface area is 169 Å². The number of hydrogen-bond donors (Lipinski definition) is 0. The lowest BCUT2D eigenvalue weighted by Gasteiger charge is -2.35. The van der Waals surface area contributed by atoms with E-state index in [1.807, 2.05) is 16.7 Å². The normalized spacial score (nSPS) is 18.0. The van der Waals surface area contributed by atoms with Gasteiger partial charge in [0.1, 0.15) is 0 Å². The second-order valence-corrected chi connectivity index (χ2v) is 8.19. The molecule has 0 aromatic carbocycles. The number of nitrogens with zero attached hydrogens (tertiary/aromatic N) is 6. The highest BCUT2D eigenvalue weighted by Gasteiger charge is 2.33. The van der Waals surface area contributed by atoms with E-state index in [1.54, 1.807) is 10.7 Å². The third kappa shape index (κ3) is 4.72. The fourth-order valence-corrected chi connectivity index (χ4v) is 4.45. The Morgan fingerprint density at radius 1 is 1.07 bits per heavy atom. The molecule has 4 heterocycles. The lowest BCUT2D eigenvalue weighted by atomic mass is 10.2. The summed E-state index contributed by atoms with van der Waals surface area (Å²) in [5, 5.41) is 11.5. The monoisotopic (exact) mass is 426 g/mol. The minimum atomic E-state index is -4.48. The topological polar surface area (TPSA) is 67.2 Å². The van der Waals surface area contributed by atoms with E-state index in [-0.39, 0.29) is 5.56 Å². The first kappa shape index (κ1) is 20.1. The summed E-state index contributed by atoms with van der Waals surface area (Å²) in [4.78, 5) is 16.4. The van der Waals surface area contributed by atoms with Crippen molar-refractivity contribution in [3.63, 3.8) is 0 Å². The number of thioether (sulfide) groups is 1. The van der Waals surface area contributed by atoms with Gasteiger partial charge in [-0.25, -0.2) is 4.68 Å². The van der Waals surface area contributed by atoms with E-state index in [0.29, 0.717) is 32.0 Å². The molecule has 29 heavy (non-hydrogen) atoms. The molecule has 0 spiro atoms. The number of aromatic nitrogens is 4. The van der Waals surface area contributed by atoms with Crippen LogP contribution in [0.1, 0.15) is 17.0 Å². The molecule has 156 valence electrons. The molecule has 11 heteroatoms. The van der Waals surface area contributed by atoms with E-state index >= 15 is 0 Å². The van der Waals surface area contributed by atoms with Crippen molar-refractivity contribution in [1.29, 1.82) is 0 Å².